The Labute approximate surface area is 161 Å². The van der Waals surface area contributed by atoms with Crippen molar-refractivity contribution in [3.8, 4) is 17.0 Å². The minimum atomic E-state index is -0.985. The molecule has 28 heavy (non-hydrogen) atoms. The molecule has 1 aromatic carbocycles. The molecular formula is C17H13N3O7S. The molecule has 10 nitrogen and oxygen atoms in total. The lowest BCUT2D eigenvalue weighted by Crippen LogP contribution is -2.20. The average molecular weight is 403 g/mol. The Balaban J connectivity index is 1.54. The fourth-order valence-electron chi connectivity index (χ4n) is 2.12. The normalized spacial score (nSPS) is 10.3. The van der Waals surface area contributed by atoms with Crippen LogP contribution in [-0.4, -0.2) is 35.5 Å². The molecule has 0 spiro atoms. The second-order valence-electron chi connectivity index (χ2n) is 5.29. The summed E-state index contributed by atoms with van der Waals surface area (Å²) in [7, 11) is 1.57. The summed E-state index contributed by atoms with van der Waals surface area (Å²) < 4.78 is 14.6. The van der Waals surface area contributed by atoms with Crippen LogP contribution in [0.25, 0.3) is 11.3 Å². The third kappa shape index (κ3) is 4.51. The zero-order valence-electron chi connectivity index (χ0n) is 14.4. The number of thiazole rings is 1. The summed E-state index contributed by atoms with van der Waals surface area (Å²) in [5.41, 5.74) is 1.52. The monoisotopic (exact) mass is 403 g/mol. The van der Waals surface area contributed by atoms with Gasteiger partial charge in [0.25, 0.3) is 5.91 Å². The fourth-order valence-corrected chi connectivity index (χ4v) is 2.85. The number of nitro groups is 1. The standard InChI is InChI=1S/C17H13N3O7S/c1-25-11-4-2-10(3-5-11)12-9-28-17(18-12)19-14(21)8-26-16(22)13-6-7-15(27-13)20(23)24/h2-7,9H,8H2,1H3,(H,18,19,21). The number of benzene rings is 1. The fraction of sp³-hybridized carbons (Fsp3) is 0.118. The van der Waals surface area contributed by atoms with Crippen molar-refractivity contribution in [3.05, 3.63) is 57.7 Å². The van der Waals surface area contributed by atoms with Gasteiger partial charge in [-0.3, -0.25) is 20.2 Å². The lowest BCUT2D eigenvalue weighted by atomic mass is 10.2. The van der Waals surface area contributed by atoms with E-state index >= 15 is 0 Å². The maximum atomic E-state index is 11.9. The summed E-state index contributed by atoms with van der Waals surface area (Å²) >= 11 is 1.21. The van der Waals surface area contributed by atoms with Gasteiger partial charge in [0.05, 0.1) is 18.9 Å². The SMILES string of the molecule is COc1ccc(-c2csc(NC(=O)COC(=O)c3ccc([N+](=O)[O-])o3)n2)cc1. The van der Waals surface area contributed by atoms with Crippen LogP contribution in [-0.2, 0) is 9.53 Å². The number of amides is 1. The summed E-state index contributed by atoms with van der Waals surface area (Å²) in [4.78, 5) is 37.7. The molecule has 0 aliphatic heterocycles. The highest BCUT2D eigenvalue weighted by atomic mass is 32.1. The van der Waals surface area contributed by atoms with E-state index in [1.165, 1.54) is 11.3 Å². The highest BCUT2D eigenvalue weighted by Gasteiger charge is 2.19. The smallest absolute Gasteiger partial charge is 0.433 e. The number of esters is 1. The maximum Gasteiger partial charge on any atom is 0.433 e. The number of nitrogens with zero attached hydrogens (tertiary/aromatic N) is 2. The van der Waals surface area contributed by atoms with Crippen LogP contribution in [0.2, 0.25) is 0 Å². The third-order valence-electron chi connectivity index (χ3n) is 3.44. The first-order chi connectivity index (χ1) is 13.5. The molecule has 0 radical (unpaired) electrons. The summed E-state index contributed by atoms with van der Waals surface area (Å²) in [6.45, 7) is -0.592. The van der Waals surface area contributed by atoms with E-state index in [0.717, 1.165) is 23.4 Å². The van der Waals surface area contributed by atoms with E-state index in [9.17, 15) is 19.7 Å². The Morgan fingerprint density at radius 1 is 1.25 bits per heavy atom. The highest BCUT2D eigenvalue weighted by Crippen LogP contribution is 2.26. The molecule has 0 saturated heterocycles. The molecule has 2 heterocycles. The van der Waals surface area contributed by atoms with Gasteiger partial charge in [-0.25, -0.2) is 9.78 Å². The number of furan rings is 1. The predicted molar refractivity (Wildman–Crippen MR) is 98.4 cm³/mol. The quantitative estimate of drug-likeness (QED) is 0.361. The number of aromatic nitrogens is 1. The average Bonchev–Trinajstić information content (AvgIpc) is 3.36. The van der Waals surface area contributed by atoms with Crippen LogP contribution in [0.1, 0.15) is 10.6 Å². The number of anilines is 1. The van der Waals surface area contributed by atoms with Crippen LogP contribution in [0.4, 0.5) is 11.0 Å². The Hall–Kier alpha value is -3.73. The van der Waals surface area contributed by atoms with E-state index in [4.69, 9.17) is 13.9 Å². The van der Waals surface area contributed by atoms with E-state index < -0.39 is 29.3 Å². The minimum absolute atomic E-state index is 0.334. The molecule has 0 fully saturated rings. The van der Waals surface area contributed by atoms with Gasteiger partial charge in [-0.1, -0.05) is 0 Å². The van der Waals surface area contributed by atoms with Gasteiger partial charge in [-0.15, -0.1) is 11.3 Å². The lowest BCUT2D eigenvalue weighted by molar-refractivity contribution is -0.402. The first kappa shape index (κ1) is 19.0. The molecule has 2 aromatic heterocycles. The summed E-state index contributed by atoms with van der Waals surface area (Å²) in [6, 6.07) is 9.39. The van der Waals surface area contributed by atoms with Gasteiger partial charge < -0.3 is 13.9 Å². The molecular weight excluding hydrogens is 390 g/mol. The molecule has 0 unspecified atom stereocenters. The van der Waals surface area contributed by atoms with Crippen LogP contribution < -0.4 is 10.1 Å². The summed E-state index contributed by atoms with van der Waals surface area (Å²) in [5.74, 6) is -1.83. The maximum absolute atomic E-state index is 11.9. The Bertz CT molecular complexity index is 1010. The van der Waals surface area contributed by atoms with Crippen molar-refractivity contribution in [2.45, 2.75) is 0 Å². The highest BCUT2D eigenvalue weighted by molar-refractivity contribution is 7.14. The van der Waals surface area contributed by atoms with Gasteiger partial charge in [0.15, 0.2) is 11.7 Å². The second-order valence-corrected chi connectivity index (χ2v) is 6.14. The topological polar surface area (TPSA) is 134 Å². The van der Waals surface area contributed by atoms with E-state index in [1.807, 2.05) is 12.1 Å². The Morgan fingerprint density at radius 3 is 2.64 bits per heavy atom. The van der Waals surface area contributed by atoms with E-state index in [2.05, 4.69) is 10.3 Å². The van der Waals surface area contributed by atoms with Crippen LogP contribution in [0, 0.1) is 10.1 Å². The van der Waals surface area contributed by atoms with E-state index in [1.54, 1.807) is 24.6 Å². The first-order valence-electron chi connectivity index (χ1n) is 7.77. The zero-order chi connectivity index (χ0) is 20.1. The van der Waals surface area contributed by atoms with Gasteiger partial charge in [-0.05, 0) is 30.3 Å². The number of hydrogen-bond acceptors (Lipinski definition) is 9. The molecule has 3 aromatic rings. The lowest BCUT2D eigenvalue weighted by Gasteiger charge is -2.03. The van der Waals surface area contributed by atoms with Crippen molar-refractivity contribution < 1.29 is 28.4 Å². The number of methoxy groups -OCH3 is 1. The molecule has 0 atom stereocenters. The number of hydrogen-bond donors (Lipinski definition) is 1. The number of carbonyl (C=O) groups excluding carboxylic acids is 2. The van der Waals surface area contributed by atoms with Crippen LogP contribution in [0.5, 0.6) is 5.75 Å². The van der Waals surface area contributed by atoms with Crippen molar-refractivity contribution in [1.82, 2.24) is 4.98 Å². The van der Waals surface area contributed by atoms with Gasteiger partial charge in [0, 0.05) is 10.9 Å². The van der Waals surface area contributed by atoms with Crippen LogP contribution in [0.15, 0.2) is 46.2 Å². The van der Waals surface area contributed by atoms with Crippen molar-refractivity contribution >= 4 is 34.2 Å². The molecule has 0 saturated carbocycles. The Morgan fingerprint density at radius 2 is 2.00 bits per heavy atom. The number of nitrogens with one attached hydrogen (secondary N) is 1. The largest absolute Gasteiger partial charge is 0.497 e. The second kappa shape index (κ2) is 8.31. The number of rotatable bonds is 7. The third-order valence-corrected chi connectivity index (χ3v) is 4.20. The van der Waals surface area contributed by atoms with Gasteiger partial charge in [-0.2, -0.15) is 0 Å². The molecule has 0 aliphatic carbocycles. The molecule has 11 heteroatoms. The first-order valence-corrected chi connectivity index (χ1v) is 8.65. The molecule has 1 N–H and O–H groups in total. The molecule has 0 bridgehead atoms. The van der Waals surface area contributed by atoms with Crippen LogP contribution >= 0.6 is 11.3 Å². The predicted octanol–water partition coefficient (Wildman–Crippen LogP) is 3.12. The van der Waals surface area contributed by atoms with Gasteiger partial charge in [0.1, 0.15) is 10.7 Å². The minimum Gasteiger partial charge on any atom is -0.497 e. The van der Waals surface area contributed by atoms with Crippen molar-refractivity contribution in [2.75, 3.05) is 19.0 Å². The molecule has 1 amide bonds. The van der Waals surface area contributed by atoms with Gasteiger partial charge >= 0.3 is 11.9 Å². The van der Waals surface area contributed by atoms with Crippen LogP contribution in [0.3, 0.4) is 0 Å². The summed E-state index contributed by atoms with van der Waals surface area (Å²) in [6.07, 6.45) is 0. The van der Waals surface area contributed by atoms with E-state index in [-0.39, 0.29) is 5.76 Å². The Kier molecular flexibility index (Phi) is 5.65. The number of ether oxygens (including phenoxy) is 2. The van der Waals surface area contributed by atoms with E-state index in [0.29, 0.717) is 10.8 Å². The summed E-state index contributed by atoms with van der Waals surface area (Å²) in [5, 5.41) is 15.1. The van der Waals surface area contributed by atoms with Crippen molar-refractivity contribution in [2.24, 2.45) is 0 Å². The molecule has 144 valence electrons. The van der Waals surface area contributed by atoms with Crippen molar-refractivity contribution in [1.29, 1.82) is 0 Å². The van der Waals surface area contributed by atoms with Crippen molar-refractivity contribution in [3.63, 3.8) is 0 Å². The van der Waals surface area contributed by atoms with Gasteiger partial charge in [0.2, 0.25) is 5.76 Å². The molecule has 0 aliphatic rings. The zero-order valence-corrected chi connectivity index (χ0v) is 15.2. The number of carbonyl (C=O) groups is 2. The molecule has 3 rings (SSSR count).